The number of carbonyl (C=O) groups is 5. The van der Waals surface area contributed by atoms with E-state index in [1.54, 1.807) is 66.6 Å². The molecule has 5 N–H and O–H groups in total. The van der Waals surface area contributed by atoms with Gasteiger partial charge in [0.2, 0.25) is 11.8 Å². The maximum Gasteiger partial charge on any atom is 0.352 e. The number of hydrogen-bond donors (Lipinski definition) is 5. The largest absolute Gasteiger partial charge is 0.477 e. The van der Waals surface area contributed by atoms with Gasteiger partial charge in [0.25, 0.3) is 0 Å². The zero-order chi connectivity index (χ0) is 37.5. The molecule has 4 amide bonds. The summed E-state index contributed by atoms with van der Waals surface area (Å²) in [6.07, 6.45) is 2.12. The molecule has 1 fully saturated rings. The second-order valence-corrected chi connectivity index (χ2v) is 12.7. The maximum atomic E-state index is 13.8. The van der Waals surface area contributed by atoms with Crippen LogP contribution < -0.4 is 20.9 Å². The highest BCUT2D eigenvalue weighted by molar-refractivity contribution is 6.40. The molecular weight excluding hydrogens is 708 g/mol. The van der Waals surface area contributed by atoms with Gasteiger partial charge in [-0.05, 0) is 77.0 Å². The molecule has 5 aromatic rings. The minimum atomic E-state index is -1.24. The van der Waals surface area contributed by atoms with Crippen LogP contribution in [0.3, 0.4) is 0 Å². The van der Waals surface area contributed by atoms with E-state index in [0.717, 1.165) is 13.0 Å². The molecule has 0 unspecified atom stereocenters. The first-order valence-corrected chi connectivity index (χ1v) is 16.9. The molecule has 0 radical (unpaired) electrons. The number of aromatic amines is 1. The van der Waals surface area contributed by atoms with Gasteiger partial charge in [-0.3, -0.25) is 24.1 Å². The molecule has 3 aromatic carbocycles. The Labute approximate surface area is 307 Å². The lowest BCUT2D eigenvalue weighted by atomic mass is 10.0. The van der Waals surface area contributed by atoms with E-state index in [-0.39, 0.29) is 28.7 Å². The van der Waals surface area contributed by atoms with E-state index in [1.807, 2.05) is 0 Å². The summed E-state index contributed by atoms with van der Waals surface area (Å²) in [5.41, 5.74) is 2.69. The first-order chi connectivity index (χ1) is 25.6. The van der Waals surface area contributed by atoms with Gasteiger partial charge in [0.05, 0.1) is 17.9 Å². The van der Waals surface area contributed by atoms with Crippen molar-refractivity contribution >= 4 is 69.2 Å². The summed E-state index contributed by atoms with van der Waals surface area (Å²) in [6, 6.07) is 16.6. The number of nitrogens with one attached hydrogen (secondary N) is 4. The Morgan fingerprint density at radius 1 is 1.00 bits per heavy atom. The number of piperazine rings is 1. The number of methoxy groups -OCH3 is 1. The molecule has 18 heteroatoms. The van der Waals surface area contributed by atoms with Gasteiger partial charge in [-0.1, -0.05) is 23.7 Å². The normalized spacial score (nSPS) is 13.8. The zero-order valence-corrected chi connectivity index (χ0v) is 29.2. The van der Waals surface area contributed by atoms with Crippen LogP contribution in [-0.2, 0) is 30.3 Å². The Balaban J connectivity index is 1.18. The van der Waals surface area contributed by atoms with Crippen LogP contribution >= 0.6 is 11.6 Å². The maximum absolute atomic E-state index is 13.8. The molecule has 1 saturated heterocycles. The standard InChI is InChI=1S/C35H35ClN10O7/c1-53-14-2-11-44-12-13-45(31(47)19-44)25-7-3-21(4-8-25)15-28(32(48)38-24-6-9-26-22(16-24)17-29(39-26)35(51)52)41-34(50)33(49)40-27-18-23(36)5-10-30(27)46-20-37-42-43-46/h3-10,16-18,20,28,39H,2,11-15,19H2,1H3,(H,38,48)(H,40,49)(H,41,50)(H,51,52)/t28-/m0/s1. The number of carbonyl (C=O) groups excluding carboxylic acids is 4. The van der Waals surface area contributed by atoms with E-state index in [1.165, 1.54) is 23.1 Å². The second-order valence-electron chi connectivity index (χ2n) is 12.2. The molecule has 3 heterocycles. The predicted octanol–water partition coefficient (Wildman–Crippen LogP) is 2.49. The molecule has 2 aromatic heterocycles. The molecule has 0 saturated carbocycles. The van der Waals surface area contributed by atoms with Crippen molar-refractivity contribution in [3.8, 4) is 5.69 Å². The number of fused-ring (bicyclic) bond motifs is 1. The molecule has 1 atom stereocenters. The topological polar surface area (TPSA) is 217 Å². The fraction of sp³-hybridized carbons (Fsp3) is 0.257. The van der Waals surface area contributed by atoms with Crippen LogP contribution in [0.1, 0.15) is 22.5 Å². The molecule has 1 aliphatic heterocycles. The number of aromatic nitrogens is 5. The SMILES string of the molecule is COCCCN1CCN(c2ccc(C[C@H](NC(=O)C(=O)Nc3cc(Cl)ccc3-n3cnnn3)C(=O)Nc3ccc4[nH]c(C(=O)O)cc4c3)cc2)C(=O)C1. The summed E-state index contributed by atoms with van der Waals surface area (Å²) in [5.74, 6) is -3.99. The average molecular weight is 743 g/mol. The Morgan fingerprint density at radius 3 is 2.53 bits per heavy atom. The van der Waals surface area contributed by atoms with Crippen LogP contribution in [0.5, 0.6) is 0 Å². The van der Waals surface area contributed by atoms with Gasteiger partial charge in [-0.2, -0.15) is 4.68 Å². The van der Waals surface area contributed by atoms with Crippen LogP contribution in [0.2, 0.25) is 5.02 Å². The molecule has 6 rings (SSSR count). The quantitative estimate of drug-likeness (QED) is 0.0872. The number of carboxylic acid groups (broad SMARTS) is 1. The number of amides is 4. The van der Waals surface area contributed by atoms with E-state index >= 15 is 0 Å². The highest BCUT2D eigenvalue weighted by Gasteiger charge is 2.28. The smallest absolute Gasteiger partial charge is 0.352 e. The first-order valence-electron chi connectivity index (χ1n) is 16.5. The van der Waals surface area contributed by atoms with Crippen molar-refractivity contribution in [2.24, 2.45) is 0 Å². The number of tetrazole rings is 1. The molecule has 0 aliphatic carbocycles. The molecule has 0 bridgehead atoms. The van der Waals surface area contributed by atoms with Crippen molar-refractivity contribution in [2.75, 3.05) is 55.4 Å². The molecular formula is C35H35ClN10O7. The van der Waals surface area contributed by atoms with E-state index < -0.39 is 29.7 Å². The lowest BCUT2D eigenvalue weighted by molar-refractivity contribution is -0.137. The Morgan fingerprint density at radius 2 is 1.81 bits per heavy atom. The van der Waals surface area contributed by atoms with Gasteiger partial charge in [-0.15, -0.1) is 5.10 Å². The number of aromatic carboxylic acids is 1. The van der Waals surface area contributed by atoms with Crippen LogP contribution in [0.25, 0.3) is 16.6 Å². The number of halogens is 1. The third kappa shape index (κ3) is 9.01. The Bertz CT molecular complexity index is 2140. The van der Waals surface area contributed by atoms with E-state index in [9.17, 15) is 29.1 Å². The zero-order valence-electron chi connectivity index (χ0n) is 28.4. The fourth-order valence-corrected chi connectivity index (χ4v) is 6.09. The highest BCUT2D eigenvalue weighted by atomic mass is 35.5. The monoisotopic (exact) mass is 742 g/mol. The summed E-state index contributed by atoms with van der Waals surface area (Å²) in [5, 5.41) is 29.0. The summed E-state index contributed by atoms with van der Waals surface area (Å²) < 4.78 is 6.39. The number of H-pyrrole nitrogens is 1. The number of benzene rings is 3. The Hall–Kier alpha value is -6.17. The lowest BCUT2D eigenvalue weighted by Gasteiger charge is -2.34. The second kappa shape index (κ2) is 16.4. The molecule has 53 heavy (non-hydrogen) atoms. The van der Waals surface area contributed by atoms with Gasteiger partial charge >= 0.3 is 17.8 Å². The van der Waals surface area contributed by atoms with Crippen molar-refractivity contribution in [3.63, 3.8) is 0 Å². The number of anilines is 3. The average Bonchev–Trinajstić information content (AvgIpc) is 3.83. The van der Waals surface area contributed by atoms with Gasteiger partial charge in [0, 0.05) is 67.1 Å². The third-order valence-electron chi connectivity index (χ3n) is 8.56. The third-order valence-corrected chi connectivity index (χ3v) is 8.79. The predicted molar refractivity (Wildman–Crippen MR) is 194 cm³/mol. The number of nitrogens with zero attached hydrogens (tertiary/aromatic N) is 6. The van der Waals surface area contributed by atoms with Gasteiger partial charge < -0.3 is 35.7 Å². The molecule has 274 valence electrons. The molecule has 1 aliphatic rings. The van der Waals surface area contributed by atoms with Crippen LogP contribution in [0.15, 0.2) is 73.1 Å². The van der Waals surface area contributed by atoms with Crippen LogP contribution in [0, 0.1) is 0 Å². The van der Waals surface area contributed by atoms with Crippen molar-refractivity contribution in [3.05, 3.63) is 89.3 Å². The van der Waals surface area contributed by atoms with Crippen molar-refractivity contribution in [2.45, 2.75) is 18.9 Å². The van der Waals surface area contributed by atoms with Crippen molar-refractivity contribution in [1.82, 2.24) is 35.4 Å². The number of hydrogen-bond acceptors (Lipinski definition) is 10. The van der Waals surface area contributed by atoms with Crippen molar-refractivity contribution < 1.29 is 33.8 Å². The van der Waals surface area contributed by atoms with Crippen molar-refractivity contribution in [1.29, 1.82) is 0 Å². The van der Waals surface area contributed by atoms with Crippen LogP contribution in [0.4, 0.5) is 17.1 Å². The van der Waals surface area contributed by atoms with Crippen LogP contribution in [-0.4, -0.2) is 111 Å². The minimum absolute atomic E-state index is 0.0170. The van der Waals surface area contributed by atoms with E-state index in [4.69, 9.17) is 16.3 Å². The number of ether oxygens (including phenoxy) is 1. The summed E-state index contributed by atoms with van der Waals surface area (Å²) in [4.78, 5) is 71.3. The summed E-state index contributed by atoms with van der Waals surface area (Å²) in [6.45, 7) is 2.91. The minimum Gasteiger partial charge on any atom is -0.477 e. The molecule has 17 nitrogen and oxygen atoms in total. The summed E-state index contributed by atoms with van der Waals surface area (Å²) in [7, 11) is 1.65. The van der Waals surface area contributed by atoms with Gasteiger partial charge in [0.1, 0.15) is 18.1 Å². The lowest BCUT2D eigenvalue weighted by Crippen LogP contribution is -2.50. The Kier molecular flexibility index (Phi) is 11.4. The fourth-order valence-electron chi connectivity index (χ4n) is 5.91. The number of rotatable bonds is 13. The van der Waals surface area contributed by atoms with Gasteiger partial charge in [0.15, 0.2) is 0 Å². The highest BCUT2D eigenvalue weighted by Crippen LogP contribution is 2.25. The summed E-state index contributed by atoms with van der Waals surface area (Å²) >= 11 is 6.16. The van der Waals surface area contributed by atoms with Gasteiger partial charge in [-0.25, -0.2) is 4.79 Å². The van der Waals surface area contributed by atoms with E-state index in [0.29, 0.717) is 59.8 Å². The van der Waals surface area contributed by atoms with E-state index in [2.05, 4.69) is 41.4 Å². The first kappa shape index (κ1) is 36.6. The molecule has 0 spiro atoms. The number of carboxylic acids is 1.